The number of amides is 2. The van der Waals surface area contributed by atoms with Gasteiger partial charge in [-0.3, -0.25) is 9.59 Å². The van der Waals surface area contributed by atoms with Gasteiger partial charge in [0.1, 0.15) is 0 Å². The highest BCUT2D eigenvalue weighted by Crippen LogP contribution is 2.27. The Hall–Kier alpha value is -1.85. The molecule has 1 aliphatic carbocycles. The summed E-state index contributed by atoms with van der Waals surface area (Å²) in [6, 6.07) is 1.65. The second-order valence-electron chi connectivity index (χ2n) is 5.93. The van der Waals surface area contributed by atoms with Crippen molar-refractivity contribution in [1.82, 2.24) is 15.0 Å². The third-order valence-corrected chi connectivity index (χ3v) is 4.42. The molecule has 0 N–H and O–H groups in total. The first kappa shape index (κ1) is 14.1. The number of hydrogen-bond acceptors (Lipinski definition) is 4. The van der Waals surface area contributed by atoms with E-state index in [0.717, 1.165) is 12.8 Å². The quantitative estimate of drug-likeness (QED) is 0.827. The average Bonchev–Trinajstić information content (AvgIpc) is 3.17. The molecule has 2 aliphatic rings. The highest BCUT2D eigenvalue weighted by Gasteiger charge is 2.31. The first-order valence-electron chi connectivity index (χ1n) is 7.66. The Kier molecular flexibility index (Phi) is 3.94. The maximum atomic E-state index is 12.3. The summed E-state index contributed by atoms with van der Waals surface area (Å²) in [6.45, 7) is 4.16. The molecule has 6 heteroatoms. The van der Waals surface area contributed by atoms with Crippen molar-refractivity contribution < 1.29 is 14.1 Å². The Balaban J connectivity index is 1.55. The van der Waals surface area contributed by atoms with E-state index in [1.54, 1.807) is 17.9 Å². The van der Waals surface area contributed by atoms with Crippen LogP contribution in [0.1, 0.15) is 41.9 Å². The number of aromatic nitrogens is 1. The minimum atomic E-state index is -0.136. The Labute approximate surface area is 124 Å². The van der Waals surface area contributed by atoms with E-state index in [4.69, 9.17) is 4.52 Å². The average molecular weight is 291 g/mol. The number of nitrogens with zero attached hydrogens (tertiary/aromatic N) is 3. The molecule has 0 radical (unpaired) electrons. The molecule has 0 atom stereocenters. The van der Waals surface area contributed by atoms with Gasteiger partial charge in [-0.15, -0.1) is 0 Å². The highest BCUT2D eigenvalue weighted by molar-refractivity contribution is 5.91. The lowest BCUT2D eigenvalue weighted by Crippen LogP contribution is -2.51. The minimum absolute atomic E-state index is 0.136. The fourth-order valence-electron chi connectivity index (χ4n) is 3.18. The molecule has 0 bridgehead atoms. The Morgan fingerprint density at radius 3 is 2.33 bits per heavy atom. The molecule has 1 aliphatic heterocycles. The third kappa shape index (κ3) is 2.94. The van der Waals surface area contributed by atoms with Gasteiger partial charge >= 0.3 is 0 Å². The molecule has 1 saturated carbocycles. The van der Waals surface area contributed by atoms with Gasteiger partial charge in [0.15, 0.2) is 0 Å². The molecule has 2 heterocycles. The van der Waals surface area contributed by atoms with Crippen LogP contribution in [0.3, 0.4) is 0 Å². The molecule has 1 aromatic heterocycles. The standard InChI is InChI=1S/C15H21N3O3/c1-11-10-13(21-16-11)15(20)18-8-6-17(7-9-18)14(19)12-4-2-3-5-12/h10,12H,2-9H2,1H3. The van der Waals surface area contributed by atoms with Gasteiger partial charge in [0, 0.05) is 38.2 Å². The van der Waals surface area contributed by atoms with E-state index in [9.17, 15) is 9.59 Å². The normalized spacial score (nSPS) is 20.0. The van der Waals surface area contributed by atoms with Gasteiger partial charge in [-0.1, -0.05) is 18.0 Å². The summed E-state index contributed by atoms with van der Waals surface area (Å²) >= 11 is 0. The zero-order chi connectivity index (χ0) is 14.8. The summed E-state index contributed by atoms with van der Waals surface area (Å²) in [5.74, 6) is 0.630. The largest absolute Gasteiger partial charge is 0.351 e. The van der Waals surface area contributed by atoms with E-state index in [0.29, 0.717) is 31.9 Å². The van der Waals surface area contributed by atoms with Crippen molar-refractivity contribution >= 4 is 11.8 Å². The molecule has 114 valence electrons. The predicted octanol–water partition coefficient (Wildman–Crippen LogP) is 1.46. The number of hydrogen-bond donors (Lipinski definition) is 0. The van der Waals surface area contributed by atoms with Crippen LogP contribution in [0.4, 0.5) is 0 Å². The predicted molar refractivity (Wildman–Crippen MR) is 75.7 cm³/mol. The van der Waals surface area contributed by atoms with Gasteiger partial charge in [0.05, 0.1) is 5.69 Å². The summed E-state index contributed by atoms with van der Waals surface area (Å²) in [6.07, 6.45) is 4.38. The lowest BCUT2D eigenvalue weighted by Gasteiger charge is -2.35. The maximum Gasteiger partial charge on any atom is 0.292 e. The number of aryl methyl sites for hydroxylation is 1. The summed E-state index contributed by atoms with van der Waals surface area (Å²) in [5.41, 5.74) is 0.702. The fourth-order valence-corrected chi connectivity index (χ4v) is 3.18. The molecule has 6 nitrogen and oxygen atoms in total. The molecule has 2 amide bonds. The lowest BCUT2D eigenvalue weighted by atomic mass is 10.1. The minimum Gasteiger partial charge on any atom is -0.351 e. The zero-order valence-electron chi connectivity index (χ0n) is 12.4. The number of piperazine rings is 1. The van der Waals surface area contributed by atoms with Crippen molar-refractivity contribution in [3.8, 4) is 0 Å². The van der Waals surface area contributed by atoms with Crippen LogP contribution in [-0.4, -0.2) is 52.9 Å². The van der Waals surface area contributed by atoms with Crippen LogP contribution >= 0.6 is 0 Å². The van der Waals surface area contributed by atoms with Crippen LogP contribution in [0.5, 0.6) is 0 Å². The van der Waals surface area contributed by atoms with Crippen molar-refractivity contribution in [2.45, 2.75) is 32.6 Å². The maximum absolute atomic E-state index is 12.3. The van der Waals surface area contributed by atoms with E-state index in [1.807, 2.05) is 4.90 Å². The topological polar surface area (TPSA) is 66.7 Å². The molecule has 2 fully saturated rings. The van der Waals surface area contributed by atoms with Crippen molar-refractivity contribution in [2.24, 2.45) is 5.92 Å². The molecule has 1 saturated heterocycles. The summed E-state index contributed by atoms with van der Waals surface area (Å²) < 4.78 is 5.01. The van der Waals surface area contributed by atoms with E-state index in [1.165, 1.54) is 12.8 Å². The summed E-state index contributed by atoms with van der Waals surface area (Å²) in [5, 5.41) is 3.74. The van der Waals surface area contributed by atoms with Crippen molar-refractivity contribution in [2.75, 3.05) is 26.2 Å². The van der Waals surface area contributed by atoms with Gasteiger partial charge in [-0.2, -0.15) is 0 Å². The van der Waals surface area contributed by atoms with Crippen LogP contribution < -0.4 is 0 Å². The van der Waals surface area contributed by atoms with Crippen LogP contribution in [0.2, 0.25) is 0 Å². The van der Waals surface area contributed by atoms with Crippen LogP contribution in [-0.2, 0) is 4.79 Å². The van der Waals surface area contributed by atoms with Gasteiger partial charge in [0.25, 0.3) is 5.91 Å². The lowest BCUT2D eigenvalue weighted by molar-refractivity contribution is -0.136. The highest BCUT2D eigenvalue weighted by atomic mass is 16.5. The van der Waals surface area contributed by atoms with Gasteiger partial charge in [-0.05, 0) is 19.8 Å². The van der Waals surface area contributed by atoms with Crippen LogP contribution in [0, 0.1) is 12.8 Å². The van der Waals surface area contributed by atoms with Crippen molar-refractivity contribution in [3.63, 3.8) is 0 Å². The SMILES string of the molecule is Cc1cc(C(=O)N2CCN(C(=O)C3CCCC3)CC2)on1. The number of carbonyl (C=O) groups is 2. The Morgan fingerprint density at radius 2 is 1.76 bits per heavy atom. The summed E-state index contributed by atoms with van der Waals surface area (Å²) in [7, 11) is 0. The second-order valence-corrected chi connectivity index (χ2v) is 5.93. The van der Waals surface area contributed by atoms with Gasteiger partial charge in [0.2, 0.25) is 11.7 Å². The first-order valence-corrected chi connectivity index (χ1v) is 7.66. The van der Waals surface area contributed by atoms with E-state index in [2.05, 4.69) is 5.16 Å². The molecule has 3 rings (SSSR count). The number of rotatable bonds is 2. The molecular weight excluding hydrogens is 270 g/mol. The van der Waals surface area contributed by atoms with Gasteiger partial charge < -0.3 is 14.3 Å². The third-order valence-electron chi connectivity index (χ3n) is 4.42. The zero-order valence-corrected chi connectivity index (χ0v) is 12.4. The molecular formula is C15H21N3O3. The Bertz CT molecular complexity index is 526. The molecule has 0 aromatic carbocycles. The monoisotopic (exact) mass is 291 g/mol. The van der Waals surface area contributed by atoms with Crippen LogP contribution in [0.15, 0.2) is 10.6 Å². The molecule has 1 aromatic rings. The molecule has 0 unspecified atom stereocenters. The molecule has 21 heavy (non-hydrogen) atoms. The fraction of sp³-hybridized carbons (Fsp3) is 0.667. The van der Waals surface area contributed by atoms with Gasteiger partial charge in [-0.25, -0.2) is 0 Å². The van der Waals surface area contributed by atoms with E-state index < -0.39 is 0 Å². The van der Waals surface area contributed by atoms with E-state index >= 15 is 0 Å². The summed E-state index contributed by atoms with van der Waals surface area (Å²) in [4.78, 5) is 28.2. The molecule has 0 spiro atoms. The van der Waals surface area contributed by atoms with Crippen molar-refractivity contribution in [1.29, 1.82) is 0 Å². The first-order chi connectivity index (χ1) is 10.1. The Morgan fingerprint density at radius 1 is 1.14 bits per heavy atom. The smallest absolute Gasteiger partial charge is 0.292 e. The second kappa shape index (κ2) is 5.87. The number of carbonyl (C=O) groups excluding carboxylic acids is 2. The van der Waals surface area contributed by atoms with Crippen LogP contribution in [0.25, 0.3) is 0 Å². The van der Waals surface area contributed by atoms with E-state index in [-0.39, 0.29) is 23.5 Å². The van der Waals surface area contributed by atoms with Crippen molar-refractivity contribution in [3.05, 3.63) is 17.5 Å².